The van der Waals surface area contributed by atoms with Crippen LogP contribution in [-0.2, 0) is 25.2 Å². The fourth-order valence-corrected chi connectivity index (χ4v) is 7.95. The Bertz CT molecular complexity index is 1750. The Hall–Kier alpha value is -4.18. The highest BCUT2D eigenvalue weighted by Crippen LogP contribution is 2.49. The van der Waals surface area contributed by atoms with Crippen LogP contribution in [0.3, 0.4) is 0 Å². The number of hydrogen-bond acceptors (Lipinski definition) is 10. The minimum Gasteiger partial charge on any atom is -0.478 e. The van der Waals surface area contributed by atoms with Crippen LogP contribution >= 0.6 is 0 Å². The summed E-state index contributed by atoms with van der Waals surface area (Å²) in [6.07, 6.45) is 1.77. The van der Waals surface area contributed by atoms with Gasteiger partial charge in [0.05, 0.1) is 22.8 Å². The monoisotopic (exact) mass is 670 g/mol. The van der Waals surface area contributed by atoms with Gasteiger partial charge in [-0.2, -0.15) is 4.31 Å². The van der Waals surface area contributed by atoms with Crippen LogP contribution in [0.5, 0.6) is 5.88 Å². The van der Waals surface area contributed by atoms with E-state index in [0.717, 1.165) is 39.0 Å². The fourth-order valence-electron chi connectivity index (χ4n) is 6.47. The number of fused-ring (bicyclic) bond motifs is 1. The molecule has 6 rings (SSSR count). The number of hydrogen-bond donors (Lipinski definition) is 1. The molecule has 1 unspecified atom stereocenters. The van der Waals surface area contributed by atoms with E-state index in [1.54, 1.807) is 13.0 Å². The lowest BCUT2D eigenvalue weighted by atomic mass is 9.84. The van der Waals surface area contributed by atoms with Crippen molar-refractivity contribution in [1.29, 1.82) is 0 Å². The van der Waals surface area contributed by atoms with E-state index in [4.69, 9.17) is 9.57 Å². The number of aromatic nitrogens is 1. The number of halogens is 2. The van der Waals surface area contributed by atoms with Crippen molar-refractivity contribution in [3.8, 4) is 5.88 Å². The molecule has 2 aromatic carbocycles. The molecule has 2 saturated heterocycles. The highest BCUT2D eigenvalue weighted by Gasteiger charge is 2.59. The lowest BCUT2D eigenvalue weighted by Crippen LogP contribution is -2.56. The Kier molecular flexibility index (Phi) is 9.16. The largest absolute Gasteiger partial charge is 0.478 e. The predicted octanol–water partition coefficient (Wildman–Crippen LogP) is 3.09. The molecule has 12 nitrogen and oxygen atoms in total. The molecule has 15 heteroatoms. The minimum atomic E-state index is -4.70. The molecule has 0 bridgehead atoms. The normalized spacial score (nSPS) is 21.4. The van der Waals surface area contributed by atoms with Crippen molar-refractivity contribution in [3.63, 3.8) is 0 Å². The first-order valence-electron chi connectivity index (χ1n) is 15.5. The van der Waals surface area contributed by atoms with E-state index in [1.165, 1.54) is 47.7 Å². The number of pyridine rings is 1. The first-order chi connectivity index (χ1) is 22.6. The molecule has 47 heavy (non-hydrogen) atoms. The summed E-state index contributed by atoms with van der Waals surface area (Å²) in [5.41, 5.74) is -3.33. The summed E-state index contributed by atoms with van der Waals surface area (Å²) in [5.74, 6) is -4.09. The van der Waals surface area contributed by atoms with E-state index in [-0.39, 0.29) is 28.5 Å². The second-order valence-corrected chi connectivity index (χ2v) is 13.5. The molecule has 3 aliphatic heterocycles. The van der Waals surface area contributed by atoms with Crippen molar-refractivity contribution in [2.45, 2.75) is 36.2 Å². The molecule has 0 saturated carbocycles. The van der Waals surface area contributed by atoms with Gasteiger partial charge in [0.1, 0.15) is 0 Å². The van der Waals surface area contributed by atoms with E-state index in [9.17, 15) is 22.4 Å². The number of anilines is 1. The Morgan fingerprint density at radius 3 is 2.34 bits per heavy atom. The minimum absolute atomic E-state index is 0.0874. The lowest BCUT2D eigenvalue weighted by Gasteiger charge is -2.41. The third-order valence-corrected chi connectivity index (χ3v) is 10.6. The van der Waals surface area contributed by atoms with Crippen molar-refractivity contribution >= 4 is 27.7 Å². The van der Waals surface area contributed by atoms with E-state index in [1.807, 2.05) is 0 Å². The number of piperazine rings is 1. The molecule has 2 fully saturated rings. The molecule has 3 aromatic rings. The van der Waals surface area contributed by atoms with Crippen molar-refractivity contribution in [1.82, 2.24) is 25.2 Å². The van der Waals surface area contributed by atoms with Crippen LogP contribution in [0.25, 0.3) is 0 Å². The molecular formula is C32H36F2N6O6S. The Morgan fingerprint density at radius 2 is 1.66 bits per heavy atom. The van der Waals surface area contributed by atoms with Gasteiger partial charge >= 0.3 is 6.09 Å². The number of sulfonamides is 1. The molecule has 0 spiro atoms. The Balaban J connectivity index is 1.37. The fraction of sp³-hybridized carbons (Fsp3) is 0.406. The van der Waals surface area contributed by atoms with Gasteiger partial charge in [0.15, 0.2) is 17.2 Å². The standard InChI is InChI=1S/C32H36F2N6O6S/c1-3-45-29-24(10-7-13-35-29)32(36-31(42)46-39-14-11-22(12-15-39)38-18-16-37(2)17-19-38)25-20-26(33)27(34)21-28(25)40(30(32)41)47(43,44)23-8-5-4-6-9-23/h4-10,13,20-22H,3,11-12,14-19H2,1-2H3,(H,36,42). The van der Waals surface area contributed by atoms with Gasteiger partial charge in [0.2, 0.25) is 5.88 Å². The van der Waals surface area contributed by atoms with Gasteiger partial charge < -0.3 is 14.5 Å². The highest BCUT2D eigenvalue weighted by molar-refractivity contribution is 7.93. The van der Waals surface area contributed by atoms with Gasteiger partial charge in [-0.15, -0.1) is 5.06 Å². The second kappa shape index (κ2) is 13.1. The number of amides is 2. The molecule has 1 N–H and O–H groups in total. The zero-order chi connectivity index (χ0) is 33.3. The van der Waals surface area contributed by atoms with Gasteiger partial charge in [-0.1, -0.05) is 18.2 Å². The molecule has 1 atom stereocenters. The van der Waals surface area contributed by atoms with Crippen molar-refractivity contribution < 1.29 is 36.4 Å². The van der Waals surface area contributed by atoms with Gasteiger partial charge in [-0.3, -0.25) is 15.0 Å². The maximum atomic E-state index is 15.0. The van der Waals surface area contributed by atoms with Gasteiger partial charge in [0.25, 0.3) is 15.9 Å². The molecule has 3 aliphatic rings. The third kappa shape index (κ3) is 6.04. The van der Waals surface area contributed by atoms with E-state index >= 15 is 4.39 Å². The van der Waals surface area contributed by atoms with Crippen molar-refractivity contribution in [3.05, 3.63) is 83.6 Å². The summed E-state index contributed by atoms with van der Waals surface area (Å²) in [5, 5.41) is 4.04. The van der Waals surface area contributed by atoms with Gasteiger partial charge in [0, 0.05) is 63.1 Å². The van der Waals surface area contributed by atoms with Gasteiger partial charge in [-0.05, 0) is 57.1 Å². The second-order valence-electron chi connectivity index (χ2n) is 11.7. The van der Waals surface area contributed by atoms with Crippen molar-refractivity contribution in [2.24, 2.45) is 0 Å². The summed E-state index contributed by atoms with van der Waals surface area (Å²) >= 11 is 0. The number of piperidine rings is 1. The maximum Gasteiger partial charge on any atom is 0.427 e. The van der Waals surface area contributed by atoms with Crippen LogP contribution < -0.4 is 14.4 Å². The summed E-state index contributed by atoms with van der Waals surface area (Å²) in [4.78, 5) is 42.7. The average molecular weight is 671 g/mol. The number of rotatable bonds is 8. The summed E-state index contributed by atoms with van der Waals surface area (Å²) in [7, 11) is -2.60. The van der Waals surface area contributed by atoms with Crippen LogP contribution in [0.2, 0.25) is 0 Å². The quantitative estimate of drug-likeness (QED) is 0.383. The molecule has 4 heterocycles. The number of nitrogens with one attached hydrogen (secondary N) is 1. The number of ether oxygens (including phenoxy) is 1. The number of nitrogens with zero attached hydrogens (tertiary/aromatic N) is 5. The predicted molar refractivity (Wildman–Crippen MR) is 167 cm³/mol. The van der Waals surface area contributed by atoms with E-state index in [2.05, 4.69) is 27.1 Å². The number of benzene rings is 2. The van der Waals surface area contributed by atoms with Crippen LogP contribution in [0, 0.1) is 11.6 Å². The van der Waals surface area contributed by atoms with E-state index < -0.39 is 44.9 Å². The van der Waals surface area contributed by atoms with E-state index in [0.29, 0.717) is 35.6 Å². The molecule has 2 amide bonds. The van der Waals surface area contributed by atoms with Gasteiger partial charge in [-0.25, -0.2) is 27.0 Å². The zero-order valence-electron chi connectivity index (χ0n) is 26.1. The number of carbonyl (C=O) groups is 2. The topological polar surface area (TPSA) is 125 Å². The summed E-state index contributed by atoms with van der Waals surface area (Å²) in [6.45, 7) is 6.49. The number of hydroxylamine groups is 2. The van der Waals surface area contributed by atoms with Crippen LogP contribution in [-0.4, -0.2) is 99.2 Å². The zero-order valence-corrected chi connectivity index (χ0v) is 26.9. The molecule has 250 valence electrons. The maximum absolute atomic E-state index is 15.0. The summed E-state index contributed by atoms with van der Waals surface area (Å²) < 4.78 is 63.9. The van der Waals surface area contributed by atoms with Crippen LogP contribution in [0.1, 0.15) is 30.9 Å². The smallest absolute Gasteiger partial charge is 0.427 e. The molecule has 0 aliphatic carbocycles. The average Bonchev–Trinajstić information content (AvgIpc) is 3.30. The molecular weight excluding hydrogens is 634 g/mol. The van der Waals surface area contributed by atoms with Crippen LogP contribution in [0.4, 0.5) is 19.3 Å². The SMILES string of the molecule is CCOc1ncccc1C1(NC(=O)ON2CCC(N3CCN(C)CC3)CC2)C(=O)N(S(=O)(=O)c2ccccc2)c2cc(F)c(F)cc21. The first kappa shape index (κ1) is 32.7. The Labute approximate surface area is 271 Å². The highest BCUT2D eigenvalue weighted by atomic mass is 32.2. The van der Waals surface area contributed by atoms with Crippen molar-refractivity contribution in [2.75, 3.05) is 57.2 Å². The molecule has 0 radical (unpaired) electrons. The first-order valence-corrected chi connectivity index (χ1v) is 16.9. The lowest BCUT2D eigenvalue weighted by molar-refractivity contribution is -0.130. The Morgan fingerprint density at radius 1 is 0.979 bits per heavy atom. The molecule has 1 aromatic heterocycles. The van der Waals surface area contributed by atoms with Crippen LogP contribution in [0.15, 0.2) is 65.7 Å². The summed E-state index contributed by atoms with van der Waals surface area (Å²) in [6, 6.07) is 11.6. The number of likely N-dealkylation sites (N-methyl/N-ethyl adjacent to an activating group) is 1. The number of carbonyl (C=O) groups excluding carboxylic acids is 2. The third-order valence-electron chi connectivity index (χ3n) is 8.88.